The van der Waals surface area contributed by atoms with Gasteiger partial charge in [0.2, 0.25) is 0 Å². The molecule has 1 N–H and O–H groups in total. The molecule has 0 bridgehead atoms. The molecule has 0 saturated heterocycles. The van der Waals surface area contributed by atoms with E-state index in [9.17, 15) is 9.59 Å². The van der Waals surface area contributed by atoms with Gasteiger partial charge in [-0.2, -0.15) is 0 Å². The molecule has 0 aliphatic carbocycles. The second-order valence-electron chi connectivity index (χ2n) is 3.99. The van der Waals surface area contributed by atoms with Crippen LogP contribution in [0.1, 0.15) is 27.6 Å². The van der Waals surface area contributed by atoms with Crippen molar-refractivity contribution >= 4 is 17.6 Å². The highest BCUT2D eigenvalue weighted by Gasteiger charge is 2.09. The number of rotatable bonds is 4. The summed E-state index contributed by atoms with van der Waals surface area (Å²) in [5.74, 6) is -0.653. The zero-order valence-corrected chi connectivity index (χ0v) is 11.0. The Hall–Kier alpha value is -2.69. The lowest BCUT2D eigenvalue weighted by atomic mass is 10.1. The number of carbonyl (C=O) groups is 2. The third-order valence-corrected chi connectivity index (χ3v) is 2.58. The molecule has 0 unspecified atom stereocenters. The van der Waals surface area contributed by atoms with E-state index in [0.717, 1.165) is 0 Å². The standard InChI is InChI=1S/C15H14N2O3/c1-2-20-15(19)12-7-5-11(6-8-12)14(18)17-13-4-3-9-16-10-13/h3-10H,2H2,1H3,(H,17,18). The van der Waals surface area contributed by atoms with E-state index < -0.39 is 5.97 Å². The molecule has 0 atom stereocenters. The number of hydrogen-bond donors (Lipinski definition) is 1. The van der Waals surface area contributed by atoms with Gasteiger partial charge in [0, 0.05) is 11.8 Å². The minimum Gasteiger partial charge on any atom is -0.462 e. The number of pyridine rings is 1. The highest BCUT2D eigenvalue weighted by atomic mass is 16.5. The van der Waals surface area contributed by atoms with Crippen LogP contribution >= 0.6 is 0 Å². The van der Waals surface area contributed by atoms with Crippen molar-refractivity contribution < 1.29 is 14.3 Å². The molecule has 2 rings (SSSR count). The topological polar surface area (TPSA) is 68.3 Å². The van der Waals surface area contributed by atoms with E-state index in [0.29, 0.717) is 23.4 Å². The first-order valence-electron chi connectivity index (χ1n) is 6.19. The Balaban J connectivity index is 2.06. The van der Waals surface area contributed by atoms with Gasteiger partial charge in [0.15, 0.2) is 0 Å². The maximum atomic E-state index is 12.0. The summed E-state index contributed by atoms with van der Waals surface area (Å²) in [6.07, 6.45) is 3.19. The van der Waals surface area contributed by atoms with Crippen LogP contribution in [0, 0.1) is 0 Å². The molecule has 0 aliphatic heterocycles. The number of benzene rings is 1. The molecule has 5 heteroatoms. The average molecular weight is 270 g/mol. The maximum Gasteiger partial charge on any atom is 0.338 e. The molecule has 1 aromatic heterocycles. The predicted molar refractivity (Wildman–Crippen MR) is 74.6 cm³/mol. The van der Waals surface area contributed by atoms with Crippen LogP contribution in [0.2, 0.25) is 0 Å². The van der Waals surface area contributed by atoms with Crippen molar-refractivity contribution in [2.45, 2.75) is 6.92 Å². The lowest BCUT2D eigenvalue weighted by Crippen LogP contribution is -2.12. The van der Waals surface area contributed by atoms with E-state index in [2.05, 4.69) is 10.3 Å². The third kappa shape index (κ3) is 3.41. The van der Waals surface area contributed by atoms with Gasteiger partial charge in [0.1, 0.15) is 0 Å². The van der Waals surface area contributed by atoms with E-state index in [1.807, 2.05) is 0 Å². The minimum absolute atomic E-state index is 0.256. The molecule has 1 aromatic carbocycles. The first-order valence-corrected chi connectivity index (χ1v) is 6.19. The molecule has 0 aliphatic rings. The number of nitrogens with zero attached hydrogens (tertiary/aromatic N) is 1. The Morgan fingerprint density at radius 1 is 1.15 bits per heavy atom. The summed E-state index contributed by atoms with van der Waals surface area (Å²) in [7, 11) is 0. The Morgan fingerprint density at radius 3 is 2.45 bits per heavy atom. The van der Waals surface area contributed by atoms with Gasteiger partial charge in [-0.3, -0.25) is 9.78 Å². The molecule has 20 heavy (non-hydrogen) atoms. The predicted octanol–water partition coefficient (Wildman–Crippen LogP) is 2.51. The SMILES string of the molecule is CCOC(=O)c1ccc(C(=O)Nc2cccnc2)cc1. The van der Waals surface area contributed by atoms with Crippen LogP contribution in [0.4, 0.5) is 5.69 Å². The Labute approximate surface area is 116 Å². The number of nitrogens with one attached hydrogen (secondary N) is 1. The zero-order valence-electron chi connectivity index (χ0n) is 11.0. The van der Waals surface area contributed by atoms with Crippen LogP contribution in [0.3, 0.4) is 0 Å². The van der Waals surface area contributed by atoms with Gasteiger partial charge >= 0.3 is 5.97 Å². The van der Waals surface area contributed by atoms with Gasteiger partial charge in [-0.1, -0.05) is 0 Å². The van der Waals surface area contributed by atoms with Crippen molar-refractivity contribution in [2.75, 3.05) is 11.9 Å². The minimum atomic E-state index is -0.397. The summed E-state index contributed by atoms with van der Waals surface area (Å²) in [5, 5.41) is 2.71. The number of esters is 1. The maximum absolute atomic E-state index is 12.0. The molecule has 5 nitrogen and oxygen atoms in total. The van der Waals surface area contributed by atoms with Gasteiger partial charge < -0.3 is 10.1 Å². The number of ether oxygens (including phenoxy) is 1. The van der Waals surface area contributed by atoms with Crippen LogP contribution in [0.15, 0.2) is 48.8 Å². The zero-order chi connectivity index (χ0) is 14.4. The molecular weight excluding hydrogens is 256 g/mol. The van der Waals surface area contributed by atoms with Crippen LogP contribution in [-0.4, -0.2) is 23.5 Å². The molecular formula is C15H14N2O3. The molecule has 0 spiro atoms. The highest BCUT2D eigenvalue weighted by molar-refractivity contribution is 6.04. The lowest BCUT2D eigenvalue weighted by molar-refractivity contribution is 0.0526. The number of carbonyl (C=O) groups excluding carboxylic acids is 2. The summed E-state index contributed by atoms with van der Waals surface area (Å²) in [4.78, 5) is 27.4. The summed E-state index contributed by atoms with van der Waals surface area (Å²) < 4.78 is 4.88. The van der Waals surface area contributed by atoms with E-state index in [1.165, 1.54) is 0 Å². The fourth-order valence-electron chi connectivity index (χ4n) is 1.61. The number of amides is 1. The average Bonchev–Trinajstić information content (AvgIpc) is 2.48. The van der Waals surface area contributed by atoms with Gasteiger partial charge in [0.05, 0.1) is 24.1 Å². The number of aromatic nitrogens is 1. The van der Waals surface area contributed by atoms with Crippen molar-refractivity contribution in [1.29, 1.82) is 0 Å². The van der Waals surface area contributed by atoms with Crippen molar-refractivity contribution in [3.8, 4) is 0 Å². The molecule has 2 aromatic rings. The van der Waals surface area contributed by atoms with Crippen molar-refractivity contribution in [3.05, 3.63) is 59.9 Å². The van der Waals surface area contributed by atoms with Crippen molar-refractivity contribution in [3.63, 3.8) is 0 Å². The number of anilines is 1. The van der Waals surface area contributed by atoms with Crippen LogP contribution in [0.5, 0.6) is 0 Å². The lowest BCUT2D eigenvalue weighted by Gasteiger charge is -2.05. The summed E-state index contributed by atoms with van der Waals surface area (Å²) >= 11 is 0. The summed E-state index contributed by atoms with van der Waals surface area (Å²) in [6.45, 7) is 2.07. The first-order chi connectivity index (χ1) is 9.70. The number of hydrogen-bond acceptors (Lipinski definition) is 4. The Kier molecular flexibility index (Phi) is 4.44. The van der Waals surface area contributed by atoms with Gasteiger partial charge in [0.25, 0.3) is 5.91 Å². The third-order valence-electron chi connectivity index (χ3n) is 2.58. The smallest absolute Gasteiger partial charge is 0.338 e. The van der Waals surface area contributed by atoms with Gasteiger partial charge in [-0.25, -0.2) is 4.79 Å². The summed E-state index contributed by atoms with van der Waals surface area (Å²) in [5.41, 5.74) is 1.50. The van der Waals surface area contributed by atoms with Crippen LogP contribution < -0.4 is 5.32 Å². The fraction of sp³-hybridized carbons (Fsp3) is 0.133. The quantitative estimate of drug-likeness (QED) is 0.867. The Bertz CT molecular complexity index is 594. The molecule has 0 saturated carbocycles. The van der Waals surface area contributed by atoms with Crippen molar-refractivity contribution in [2.24, 2.45) is 0 Å². The van der Waals surface area contributed by atoms with Crippen LogP contribution in [0.25, 0.3) is 0 Å². The summed E-state index contributed by atoms with van der Waals surface area (Å²) in [6, 6.07) is 9.78. The second kappa shape index (κ2) is 6.47. The Morgan fingerprint density at radius 2 is 1.85 bits per heavy atom. The molecule has 0 fully saturated rings. The first kappa shape index (κ1) is 13.7. The van der Waals surface area contributed by atoms with E-state index in [4.69, 9.17) is 4.74 Å². The fourth-order valence-corrected chi connectivity index (χ4v) is 1.61. The van der Waals surface area contributed by atoms with E-state index in [-0.39, 0.29) is 5.91 Å². The van der Waals surface area contributed by atoms with Crippen molar-refractivity contribution in [1.82, 2.24) is 4.98 Å². The monoisotopic (exact) mass is 270 g/mol. The van der Waals surface area contributed by atoms with Gasteiger partial charge in [-0.15, -0.1) is 0 Å². The normalized spacial score (nSPS) is 9.85. The van der Waals surface area contributed by atoms with Gasteiger partial charge in [-0.05, 0) is 43.3 Å². The molecule has 1 amide bonds. The second-order valence-corrected chi connectivity index (χ2v) is 3.99. The molecule has 0 radical (unpaired) electrons. The molecule has 102 valence electrons. The van der Waals surface area contributed by atoms with Crippen LogP contribution in [-0.2, 0) is 4.74 Å². The largest absolute Gasteiger partial charge is 0.462 e. The molecule has 1 heterocycles. The highest BCUT2D eigenvalue weighted by Crippen LogP contribution is 2.09. The van der Waals surface area contributed by atoms with E-state index in [1.54, 1.807) is 55.7 Å². The van der Waals surface area contributed by atoms with E-state index >= 15 is 0 Å².